The minimum absolute atomic E-state index is 0.0579. The minimum atomic E-state index is -0.469. The summed E-state index contributed by atoms with van der Waals surface area (Å²) in [5.41, 5.74) is 0.930. The fourth-order valence-corrected chi connectivity index (χ4v) is 5.47. The quantitative estimate of drug-likeness (QED) is 0.699. The highest BCUT2D eigenvalue weighted by Gasteiger charge is 2.42. The first-order valence-corrected chi connectivity index (χ1v) is 12.1. The summed E-state index contributed by atoms with van der Waals surface area (Å²) in [7, 11) is 4.30. The molecule has 4 atom stereocenters. The molecule has 1 aliphatic heterocycles. The lowest BCUT2D eigenvalue weighted by Gasteiger charge is -2.43. The van der Waals surface area contributed by atoms with E-state index >= 15 is 0 Å². The van der Waals surface area contributed by atoms with Crippen LogP contribution in [-0.2, 0) is 10.2 Å². The van der Waals surface area contributed by atoms with Crippen molar-refractivity contribution >= 4 is 11.8 Å². The number of likely N-dealkylation sites (tertiary alicyclic amines) is 1. The number of phenolic OH excluding ortho intramolecular Hbond substituents is 1. The first-order chi connectivity index (χ1) is 15.0. The van der Waals surface area contributed by atoms with E-state index in [0.717, 1.165) is 37.7 Å². The predicted molar refractivity (Wildman–Crippen MR) is 128 cm³/mol. The summed E-state index contributed by atoms with van der Waals surface area (Å²) in [5.74, 6) is 0.512. The van der Waals surface area contributed by atoms with Crippen LogP contribution in [0.4, 0.5) is 0 Å². The molecule has 1 aliphatic carbocycles. The molecule has 2 amide bonds. The third kappa shape index (κ3) is 5.28. The van der Waals surface area contributed by atoms with Crippen LogP contribution in [0.3, 0.4) is 0 Å². The van der Waals surface area contributed by atoms with Crippen molar-refractivity contribution in [2.75, 3.05) is 20.6 Å². The maximum Gasteiger partial charge on any atom is 0.251 e. The van der Waals surface area contributed by atoms with E-state index in [-0.39, 0.29) is 29.0 Å². The Hall–Kier alpha value is -2.08. The maximum absolute atomic E-state index is 13.3. The Kier molecular flexibility index (Phi) is 7.53. The van der Waals surface area contributed by atoms with Gasteiger partial charge < -0.3 is 20.2 Å². The Morgan fingerprint density at radius 2 is 1.94 bits per heavy atom. The van der Waals surface area contributed by atoms with Gasteiger partial charge in [0, 0.05) is 29.8 Å². The average Bonchev–Trinajstić information content (AvgIpc) is 3.07. The molecule has 2 fully saturated rings. The molecule has 1 aromatic carbocycles. The second-order valence-corrected chi connectivity index (χ2v) is 10.9. The Bertz CT molecular complexity index is 830. The van der Waals surface area contributed by atoms with Crippen molar-refractivity contribution in [1.82, 2.24) is 15.1 Å². The van der Waals surface area contributed by atoms with Crippen LogP contribution in [0.25, 0.3) is 0 Å². The van der Waals surface area contributed by atoms with E-state index in [0.29, 0.717) is 30.5 Å². The molecule has 2 aliphatic rings. The zero-order valence-corrected chi connectivity index (χ0v) is 20.6. The van der Waals surface area contributed by atoms with Gasteiger partial charge in [-0.05, 0) is 75.7 Å². The van der Waals surface area contributed by atoms with Crippen molar-refractivity contribution in [3.63, 3.8) is 0 Å². The average molecular weight is 444 g/mol. The third-order valence-corrected chi connectivity index (χ3v) is 7.32. The molecule has 1 saturated carbocycles. The summed E-state index contributed by atoms with van der Waals surface area (Å²) in [4.78, 5) is 30.6. The number of nitrogens with one attached hydrogen (secondary N) is 1. The summed E-state index contributed by atoms with van der Waals surface area (Å²) in [6.45, 7) is 8.93. The van der Waals surface area contributed by atoms with Gasteiger partial charge in [-0.3, -0.25) is 9.59 Å². The SMILES string of the molecule is CCC[C@@H]1C[C@H](N(C)C)CC[C@@H]1N1CC[C@H](NC(=O)c2ccc(O)c(C(C)(C)C)c2)C1=O. The second-order valence-electron chi connectivity index (χ2n) is 10.9. The molecule has 0 bridgehead atoms. The highest BCUT2D eigenvalue weighted by atomic mass is 16.3. The molecule has 0 aromatic heterocycles. The number of carbonyl (C=O) groups excluding carboxylic acids is 2. The Morgan fingerprint density at radius 1 is 1.22 bits per heavy atom. The first kappa shape index (κ1) is 24.6. The van der Waals surface area contributed by atoms with Gasteiger partial charge in [-0.25, -0.2) is 0 Å². The van der Waals surface area contributed by atoms with Gasteiger partial charge in [0.05, 0.1) is 0 Å². The molecule has 3 rings (SSSR count). The topological polar surface area (TPSA) is 72.9 Å². The van der Waals surface area contributed by atoms with Crippen LogP contribution in [-0.4, -0.2) is 65.5 Å². The normalized spacial score (nSPS) is 26.6. The molecule has 0 radical (unpaired) electrons. The number of rotatable bonds is 6. The molecule has 0 unspecified atom stereocenters. The van der Waals surface area contributed by atoms with Gasteiger partial charge in [-0.1, -0.05) is 34.1 Å². The van der Waals surface area contributed by atoms with Crippen LogP contribution in [0.15, 0.2) is 18.2 Å². The van der Waals surface area contributed by atoms with Gasteiger partial charge in [0.25, 0.3) is 5.91 Å². The van der Waals surface area contributed by atoms with E-state index < -0.39 is 6.04 Å². The number of hydrogen-bond donors (Lipinski definition) is 2. The summed E-state index contributed by atoms with van der Waals surface area (Å²) < 4.78 is 0. The fourth-order valence-electron chi connectivity index (χ4n) is 5.47. The first-order valence-electron chi connectivity index (χ1n) is 12.1. The van der Waals surface area contributed by atoms with Gasteiger partial charge in [-0.2, -0.15) is 0 Å². The maximum atomic E-state index is 13.3. The highest BCUT2D eigenvalue weighted by molar-refractivity contribution is 5.98. The van der Waals surface area contributed by atoms with Gasteiger partial charge in [0.15, 0.2) is 0 Å². The Labute approximate surface area is 193 Å². The van der Waals surface area contributed by atoms with Crippen LogP contribution >= 0.6 is 0 Å². The van der Waals surface area contributed by atoms with Crippen molar-refractivity contribution in [2.24, 2.45) is 5.92 Å². The summed E-state index contributed by atoms with van der Waals surface area (Å²) in [5, 5.41) is 13.1. The van der Waals surface area contributed by atoms with E-state index in [1.807, 2.05) is 20.8 Å². The van der Waals surface area contributed by atoms with E-state index in [2.05, 4.69) is 36.1 Å². The van der Waals surface area contributed by atoms with Crippen LogP contribution in [0.1, 0.15) is 82.1 Å². The van der Waals surface area contributed by atoms with Crippen LogP contribution in [0, 0.1) is 5.92 Å². The van der Waals surface area contributed by atoms with Gasteiger partial charge in [0.1, 0.15) is 11.8 Å². The highest BCUT2D eigenvalue weighted by Crippen LogP contribution is 2.36. The molecule has 6 nitrogen and oxygen atoms in total. The van der Waals surface area contributed by atoms with E-state index in [1.54, 1.807) is 18.2 Å². The number of amides is 2. The standard InChI is InChI=1S/C26H41N3O3/c1-7-8-17-15-19(28(5)6)10-11-22(17)29-14-13-21(25(29)32)27-24(31)18-9-12-23(30)20(16-18)26(2,3)4/h9,12,16-17,19,21-22,30H,7-8,10-11,13-15H2,1-6H3,(H,27,31)/t17-,19-,21+,22+/m1/s1. The predicted octanol–water partition coefficient (Wildman–Crippen LogP) is 3.92. The van der Waals surface area contributed by atoms with Gasteiger partial charge in [0.2, 0.25) is 5.91 Å². The number of benzene rings is 1. The van der Waals surface area contributed by atoms with E-state index in [9.17, 15) is 14.7 Å². The van der Waals surface area contributed by atoms with Crippen molar-refractivity contribution in [3.8, 4) is 5.75 Å². The van der Waals surface area contributed by atoms with Crippen molar-refractivity contribution in [1.29, 1.82) is 0 Å². The zero-order valence-electron chi connectivity index (χ0n) is 20.6. The van der Waals surface area contributed by atoms with E-state index in [4.69, 9.17) is 0 Å². The molecule has 1 aromatic rings. The summed E-state index contributed by atoms with van der Waals surface area (Å²) in [6, 6.07) is 5.32. The molecule has 1 heterocycles. The molecule has 6 heteroatoms. The summed E-state index contributed by atoms with van der Waals surface area (Å²) in [6.07, 6.45) is 6.20. The second kappa shape index (κ2) is 9.82. The Balaban J connectivity index is 1.68. The van der Waals surface area contributed by atoms with Crippen molar-refractivity contribution in [2.45, 2.75) is 89.8 Å². The minimum Gasteiger partial charge on any atom is -0.508 e. The molecule has 178 valence electrons. The molecular formula is C26H41N3O3. The largest absolute Gasteiger partial charge is 0.508 e. The zero-order chi connectivity index (χ0) is 23.6. The number of nitrogens with zero attached hydrogens (tertiary/aromatic N) is 2. The molecular weight excluding hydrogens is 402 g/mol. The number of phenols is 1. The number of aromatic hydroxyl groups is 1. The van der Waals surface area contributed by atoms with Gasteiger partial charge in [-0.15, -0.1) is 0 Å². The molecule has 0 spiro atoms. The number of hydrogen-bond acceptors (Lipinski definition) is 4. The van der Waals surface area contributed by atoms with Gasteiger partial charge >= 0.3 is 0 Å². The molecule has 32 heavy (non-hydrogen) atoms. The monoisotopic (exact) mass is 443 g/mol. The number of carbonyl (C=O) groups is 2. The summed E-state index contributed by atoms with van der Waals surface area (Å²) >= 11 is 0. The lowest BCUT2D eigenvalue weighted by molar-refractivity contribution is -0.133. The van der Waals surface area contributed by atoms with Crippen LogP contribution in [0.2, 0.25) is 0 Å². The third-order valence-electron chi connectivity index (χ3n) is 7.32. The van der Waals surface area contributed by atoms with Crippen molar-refractivity contribution in [3.05, 3.63) is 29.3 Å². The van der Waals surface area contributed by atoms with E-state index in [1.165, 1.54) is 0 Å². The smallest absolute Gasteiger partial charge is 0.251 e. The lowest BCUT2D eigenvalue weighted by Crippen LogP contribution is -2.50. The fraction of sp³-hybridized carbons (Fsp3) is 0.692. The van der Waals surface area contributed by atoms with Crippen LogP contribution < -0.4 is 5.32 Å². The Morgan fingerprint density at radius 3 is 2.56 bits per heavy atom. The lowest BCUT2D eigenvalue weighted by atomic mass is 9.78. The molecule has 2 N–H and O–H groups in total. The van der Waals surface area contributed by atoms with Crippen molar-refractivity contribution < 1.29 is 14.7 Å². The molecule has 1 saturated heterocycles. The van der Waals surface area contributed by atoms with Crippen LogP contribution in [0.5, 0.6) is 5.75 Å².